The molecule has 1 aliphatic heterocycles. The Hall–Kier alpha value is -0.630. The number of hydrogen-bond acceptors (Lipinski definition) is 2. The summed E-state index contributed by atoms with van der Waals surface area (Å²) in [5.74, 6) is -2.50. The first-order valence-electron chi connectivity index (χ1n) is 11.2. The molecule has 0 saturated carbocycles. The van der Waals surface area contributed by atoms with Crippen molar-refractivity contribution < 1.29 is 26.2 Å². The number of alkyl halides is 5. The second-order valence-electron chi connectivity index (χ2n) is 8.29. The fraction of sp³-hybridized carbons (Fsp3) is 0.739. The summed E-state index contributed by atoms with van der Waals surface area (Å²) in [7, 11) is -1.32. The van der Waals surface area contributed by atoms with Crippen LogP contribution in [0, 0.1) is 0 Å². The topological polar surface area (TPSA) is 17.1 Å². The number of halogens is 5. The van der Waals surface area contributed by atoms with Crippen LogP contribution in [0.1, 0.15) is 82.1 Å². The summed E-state index contributed by atoms with van der Waals surface area (Å²) in [5.41, 5.74) is 1.51. The van der Waals surface area contributed by atoms with Crippen LogP contribution >= 0.6 is 11.8 Å². The molecule has 1 aliphatic rings. The van der Waals surface area contributed by atoms with Crippen molar-refractivity contribution in [3.63, 3.8) is 0 Å². The Morgan fingerprint density at radius 1 is 0.871 bits per heavy atom. The molecule has 0 fully saturated rings. The predicted molar refractivity (Wildman–Crippen MR) is 120 cm³/mol. The van der Waals surface area contributed by atoms with Crippen LogP contribution in [-0.2, 0) is 10.8 Å². The van der Waals surface area contributed by atoms with Gasteiger partial charge in [-0.05, 0) is 49.0 Å². The highest BCUT2D eigenvalue weighted by molar-refractivity contribution is 7.99. The van der Waals surface area contributed by atoms with E-state index in [0.717, 1.165) is 25.7 Å². The van der Waals surface area contributed by atoms with E-state index in [1.807, 2.05) is 11.8 Å². The van der Waals surface area contributed by atoms with E-state index in [1.165, 1.54) is 48.3 Å². The molecule has 0 aromatic heterocycles. The smallest absolute Gasteiger partial charge is 0.260 e. The van der Waals surface area contributed by atoms with Crippen LogP contribution in [0.15, 0.2) is 29.2 Å². The first-order valence-corrected chi connectivity index (χ1v) is 13.7. The third-order valence-electron chi connectivity index (χ3n) is 5.78. The molecule has 1 aromatic rings. The SMILES string of the molecule is O=S(CCCCCCCCCC1CCSc2ccccc21)CCCC(F)(F)C(F)(F)F. The van der Waals surface area contributed by atoms with Gasteiger partial charge in [0, 0.05) is 33.6 Å². The summed E-state index contributed by atoms with van der Waals surface area (Å²) in [6.45, 7) is 0. The maximum absolute atomic E-state index is 12.8. The van der Waals surface area contributed by atoms with Crippen LogP contribution in [0.4, 0.5) is 22.0 Å². The quantitative estimate of drug-likeness (QED) is 0.196. The molecule has 2 rings (SSSR count). The van der Waals surface area contributed by atoms with Gasteiger partial charge in [-0.2, -0.15) is 22.0 Å². The van der Waals surface area contributed by atoms with E-state index < -0.39 is 29.3 Å². The summed E-state index contributed by atoms with van der Waals surface area (Å²) in [6, 6.07) is 8.72. The zero-order chi connectivity index (χ0) is 22.7. The van der Waals surface area contributed by atoms with Gasteiger partial charge in [-0.25, -0.2) is 0 Å². The van der Waals surface area contributed by atoms with E-state index in [4.69, 9.17) is 0 Å². The lowest BCUT2D eigenvalue weighted by Crippen LogP contribution is -2.36. The molecule has 0 N–H and O–H groups in total. The van der Waals surface area contributed by atoms with Gasteiger partial charge in [-0.15, -0.1) is 11.8 Å². The first kappa shape index (κ1) is 26.6. The molecule has 178 valence electrons. The Balaban J connectivity index is 1.44. The van der Waals surface area contributed by atoms with E-state index in [2.05, 4.69) is 24.3 Å². The predicted octanol–water partition coefficient (Wildman–Crippen LogP) is 8.11. The zero-order valence-corrected chi connectivity index (χ0v) is 19.5. The molecular weight excluding hydrogens is 451 g/mol. The normalized spacial score (nSPS) is 18.0. The number of hydrogen-bond donors (Lipinski definition) is 0. The number of benzene rings is 1. The van der Waals surface area contributed by atoms with Gasteiger partial charge in [0.25, 0.3) is 0 Å². The molecule has 1 nitrogen and oxygen atoms in total. The van der Waals surface area contributed by atoms with Crippen molar-refractivity contribution in [1.82, 2.24) is 0 Å². The summed E-state index contributed by atoms with van der Waals surface area (Å²) in [5, 5.41) is 0. The minimum Gasteiger partial charge on any atom is -0.260 e. The van der Waals surface area contributed by atoms with Crippen molar-refractivity contribution in [3.8, 4) is 0 Å². The summed E-state index contributed by atoms with van der Waals surface area (Å²) >= 11 is 1.96. The summed E-state index contributed by atoms with van der Waals surface area (Å²) in [6.07, 6.45) is 2.78. The lowest BCUT2D eigenvalue weighted by Gasteiger charge is -2.24. The highest BCUT2D eigenvalue weighted by Crippen LogP contribution is 2.40. The van der Waals surface area contributed by atoms with E-state index in [-0.39, 0.29) is 12.2 Å². The van der Waals surface area contributed by atoms with Gasteiger partial charge in [-0.1, -0.05) is 56.7 Å². The Morgan fingerprint density at radius 2 is 1.48 bits per heavy atom. The van der Waals surface area contributed by atoms with Crippen LogP contribution in [0.3, 0.4) is 0 Å². The molecular formula is C23H33F5OS2. The van der Waals surface area contributed by atoms with Gasteiger partial charge in [0.15, 0.2) is 0 Å². The molecule has 1 heterocycles. The van der Waals surface area contributed by atoms with Gasteiger partial charge in [-0.3, -0.25) is 4.21 Å². The van der Waals surface area contributed by atoms with Gasteiger partial charge in [0.1, 0.15) is 0 Å². The summed E-state index contributed by atoms with van der Waals surface area (Å²) in [4.78, 5) is 1.44. The Labute approximate surface area is 189 Å². The minimum absolute atomic E-state index is 0.0888. The van der Waals surface area contributed by atoms with Gasteiger partial charge in [0.2, 0.25) is 0 Å². The molecule has 0 radical (unpaired) electrons. The number of rotatable bonds is 14. The molecule has 1 aromatic carbocycles. The molecule has 0 amide bonds. The maximum atomic E-state index is 12.8. The van der Waals surface area contributed by atoms with E-state index in [1.54, 1.807) is 0 Å². The number of fused-ring (bicyclic) bond motifs is 1. The first-order chi connectivity index (χ1) is 14.7. The lowest BCUT2D eigenvalue weighted by atomic mass is 9.90. The molecule has 8 heteroatoms. The average molecular weight is 485 g/mol. The van der Waals surface area contributed by atoms with E-state index >= 15 is 0 Å². The maximum Gasteiger partial charge on any atom is 0.453 e. The Kier molecular flexibility index (Phi) is 11.3. The average Bonchev–Trinajstić information content (AvgIpc) is 2.71. The second-order valence-corrected chi connectivity index (χ2v) is 11.1. The molecule has 0 aliphatic carbocycles. The highest BCUT2D eigenvalue weighted by atomic mass is 32.2. The second kappa shape index (κ2) is 13.2. The van der Waals surface area contributed by atoms with Crippen molar-refractivity contribution in [1.29, 1.82) is 0 Å². The molecule has 0 spiro atoms. The lowest BCUT2D eigenvalue weighted by molar-refractivity contribution is -0.284. The standard InChI is InChI=1S/C23H33F5OS2/c24-22(25,23(26,27)28)15-10-18-31(29)17-9-5-3-1-2-4-6-11-19-14-16-30-21-13-8-7-12-20(19)21/h7-8,12-13,19H,1-6,9-11,14-18H2. The molecule has 0 saturated heterocycles. The van der Waals surface area contributed by atoms with Gasteiger partial charge >= 0.3 is 12.1 Å². The van der Waals surface area contributed by atoms with Crippen molar-refractivity contribution in [2.24, 2.45) is 0 Å². The third kappa shape index (κ3) is 9.40. The summed E-state index contributed by atoms with van der Waals surface area (Å²) < 4.78 is 73.6. The monoisotopic (exact) mass is 484 g/mol. The van der Waals surface area contributed by atoms with Crippen molar-refractivity contribution in [2.75, 3.05) is 17.3 Å². The molecule has 2 atom stereocenters. The van der Waals surface area contributed by atoms with Crippen LogP contribution in [0.25, 0.3) is 0 Å². The Morgan fingerprint density at radius 3 is 2.19 bits per heavy atom. The Bertz CT molecular complexity index is 678. The minimum atomic E-state index is -5.52. The van der Waals surface area contributed by atoms with Gasteiger partial charge in [0.05, 0.1) is 0 Å². The number of thioether (sulfide) groups is 1. The zero-order valence-electron chi connectivity index (χ0n) is 17.9. The largest absolute Gasteiger partial charge is 0.453 e. The fourth-order valence-corrected chi connectivity index (χ4v) is 6.35. The van der Waals surface area contributed by atoms with Gasteiger partial charge < -0.3 is 0 Å². The molecule has 31 heavy (non-hydrogen) atoms. The van der Waals surface area contributed by atoms with Crippen LogP contribution < -0.4 is 0 Å². The van der Waals surface area contributed by atoms with E-state index in [0.29, 0.717) is 11.7 Å². The van der Waals surface area contributed by atoms with Crippen molar-refractivity contribution in [2.45, 2.75) is 93.5 Å². The highest BCUT2D eigenvalue weighted by Gasteiger charge is 2.56. The van der Waals surface area contributed by atoms with Crippen LogP contribution in [0.2, 0.25) is 0 Å². The van der Waals surface area contributed by atoms with Crippen LogP contribution in [0.5, 0.6) is 0 Å². The molecule has 2 unspecified atom stereocenters. The van der Waals surface area contributed by atoms with Crippen LogP contribution in [-0.4, -0.2) is 33.6 Å². The third-order valence-corrected chi connectivity index (χ3v) is 8.40. The number of unbranched alkanes of at least 4 members (excludes halogenated alkanes) is 6. The van der Waals surface area contributed by atoms with Crippen molar-refractivity contribution in [3.05, 3.63) is 29.8 Å². The van der Waals surface area contributed by atoms with Crippen molar-refractivity contribution >= 4 is 22.6 Å². The molecule has 0 bridgehead atoms. The van der Waals surface area contributed by atoms with E-state index in [9.17, 15) is 26.2 Å². The fourth-order valence-electron chi connectivity index (χ4n) is 3.95.